The molecule has 0 aliphatic heterocycles. The lowest BCUT2D eigenvalue weighted by atomic mass is 9.81. The van der Waals surface area contributed by atoms with Crippen LogP contribution in [0.25, 0.3) is 0 Å². The van der Waals surface area contributed by atoms with E-state index in [-0.39, 0.29) is 12.8 Å². The minimum atomic E-state index is -4.95. The second-order valence-electron chi connectivity index (χ2n) is 7.62. The van der Waals surface area contributed by atoms with Crippen LogP contribution in [-0.4, -0.2) is 31.8 Å². The van der Waals surface area contributed by atoms with Crippen molar-refractivity contribution in [2.24, 2.45) is 11.1 Å². The molecule has 1 saturated carbocycles. The molecule has 166 valence electrons. The molecule has 2 aromatic rings. The van der Waals surface area contributed by atoms with E-state index in [1.54, 1.807) is 18.2 Å². The largest absolute Gasteiger partial charge is 0.467 e. The van der Waals surface area contributed by atoms with Crippen molar-refractivity contribution in [1.82, 2.24) is 5.32 Å². The van der Waals surface area contributed by atoms with E-state index in [1.807, 2.05) is 6.07 Å². The van der Waals surface area contributed by atoms with Crippen molar-refractivity contribution >= 4 is 15.7 Å². The topological polar surface area (TPSA) is 126 Å². The standard InChI is InChI=1S/C20H20F3N3O4S/c21-20(22,23)16(15-7-4-10-30-15)26-19(17(25)27,18(12-24)8-9-18)13-31(28,29)11-14-5-2-1-3-6-14/h1-7,10,16,26H,8-9,11,13H2,(H2,25,27)/t16?,19-/m0/s1. The number of nitrogens with one attached hydrogen (secondary N) is 1. The van der Waals surface area contributed by atoms with Gasteiger partial charge in [-0.1, -0.05) is 30.3 Å². The van der Waals surface area contributed by atoms with Crippen LogP contribution in [0, 0.1) is 16.7 Å². The maximum Gasteiger partial charge on any atom is 0.411 e. The zero-order valence-electron chi connectivity index (χ0n) is 16.2. The molecular weight excluding hydrogens is 435 g/mol. The second kappa shape index (κ2) is 8.01. The van der Waals surface area contributed by atoms with Gasteiger partial charge in [0.2, 0.25) is 5.91 Å². The van der Waals surface area contributed by atoms with Crippen LogP contribution in [0.2, 0.25) is 0 Å². The number of nitrogens with two attached hydrogens (primary N) is 1. The van der Waals surface area contributed by atoms with E-state index in [0.717, 1.165) is 12.3 Å². The number of carbonyl (C=O) groups excluding carboxylic acids is 1. The Labute approximate surface area is 176 Å². The fourth-order valence-corrected chi connectivity index (χ4v) is 5.64. The third kappa shape index (κ3) is 4.60. The van der Waals surface area contributed by atoms with Crippen molar-refractivity contribution in [3.63, 3.8) is 0 Å². The Morgan fingerprint density at radius 1 is 1.23 bits per heavy atom. The van der Waals surface area contributed by atoms with Crippen molar-refractivity contribution < 1.29 is 30.8 Å². The molecule has 1 fully saturated rings. The lowest BCUT2D eigenvalue weighted by Crippen LogP contribution is -2.67. The van der Waals surface area contributed by atoms with Crippen LogP contribution < -0.4 is 11.1 Å². The van der Waals surface area contributed by atoms with E-state index < -0.39 is 56.2 Å². The van der Waals surface area contributed by atoms with Crippen LogP contribution in [0.4, 0.5) is 13.2 Å². The summed E-state index contributed by atoms with van der Waals surface area (Å²) >= 11 is 0. The summed E-state index contributed by atoms with van der Waals surface area (Å²) in [5.41, 5.74) is 1.74. The maximum atomic E-state index is 13.9. The normalized spacial score (nSPS) is 18.5. The molecule has 31 heavy (non-hydrogen) atoms. The van der Waals surface area contributed by atoms with Gasteiger partial charge in [0.1, 0.15) is 11.3 Å². The average Bonchev–Trinajstić information content (AvgIpc) is 3.31. The molecule has 1 amide bonds. The molecule has 3 rings (SSSR count). The van der Waals surface area contributed by atoms with Gasteiger partial charge in [-0.2, -0.15) is 18.4 Å². The zero-order valence-corrected chi connectivity index (χ0v) is 17.0. The molecule has 0 saturated heterocycles. The number of amides is 1. The van der Waals surface area contributed by atoms with E-state index in [4.69, 9.17) is 10.2 Å². The Morgan fingerprint density at radius 3 is 2.32 bits per heavy atom. The van der Waals surface area contributed by atoms with Gasteiger partial charge in [-0.3, -0.25) is 10.1 Å². The van der Waals surface area contributed by atoms with Gasteiger partial charge in [0.05, 0.1) is 29.3 Å². The van der Waals surface area contributed by atoms with E-state index in [2.05, 4.69) is 5.32 Å². The molecule has 0 spiro atoms. The van der Waals surface area contributed by atoms with Crippen LogP contribution in [0.15, 0.2) is 53.1 Å². The predicted octanol–water partition coefficient (Wildman–Crippen LogP) is 2.62. The molecule has 0 bridgehead atoms. The SMILES string of the molecule is N#CC1([C@@](CS(=O)(=O)Cc2ccccc2)(NC(c2ccco2)C(F)(F)F)C(N)=O)CC1. The van der Waals surface area contributed by atoms with Gasteiger partial charge in [-0.25, -0.2) is 8.42 Å². The van der Waals surface area contributed by atoms with Crippen LogP contribution in [0.5, 0.6) is 0 Å². The van der Waals surface area contributed by atoms with Crippen LogP contribution >= 0.6 is 0 Å². The first-order valence-electron chi connectivity index (χ1n) is 9.28. The number of hydrogen-bond donors (Lipinski definition) is 2. The first-order valence-corrected chi connectivity index (χ1v) is 11.1. The summed E-state index contributed by atoms with van der Waals surface area (Å²) in [6, 6.07) is 9.55. The molecule has 1 unspecified atom stereocenters. The van der Waals surface area contributed by atoms with Gasteiger partial charge in [-0.05, 0) is 30.5 Å². The highest BCUT2D eigenvalue weighted by molar-refractivity contribution is 7.90. The molecule has 11 heteroatoms. The Kier molecular flexibility index (Phi) is 5.90. The van der Waals surface area contributed by atoms with Gasteiger partial charge in [0.25, 0.3) is 0 Å². The second-order valence-corrected chi connectivity index (χ2v) is 9.68. The summed E-state index contributed by atoms with van der Waals surface area (Å²) in [6.45, 7) is 0. The van der Waals surface area contributed by atoms with Gasteiger partial charge in [-0.15, -0.1) is 0 Å². The third-order valence-corrected chi connectivity index (χ3v) is 7.06. The lowest BCUT2D eigenvalue weighted by Gasteiger charge is -2.39. The summed E-state index contributed by atoms with van der Waals surface area (Å²) < 4.78 is 72.4. The number of carbonyl (C=O) groups is 1. The van der Waals surface area contributed by atoms with E-state index in [1.165, 1.54) is 18.2 Å². The van der Waals surface area contributed by atoms with E-state index >= 15 is 0 Å². The van der Waals surface area contributed by atoms with Gasteiger partial charge in [0.15, 0.2) is 15.9 Å². The van der Waals surface area contributed by atoms with Crippen LogP contribution in [0.3, 0.4) is 0 Å². The third-order valence-electron chi connectivity index (χ3n) is 5.41. The highest BCUT2D eigenvalue weighted by atomic mass is 32.2. The molecular formula is C20H20F3N3O4S. The molecule has 1 heterocycles. The molecule has 2 atom stereocenters. The Bertz CT molecular complexity index is 1080. The number of halogens is 3. The van der Waals surface area contributed by atoms with Crippen molar-refractivity contribution in [1.29, 1.82) is 5.26 Å². The van der Waals surface area contributed by atoms with Crippen molar-refractivity contribution in [2.75, 3.05) is 5.75 Å². The molecule has 1 aliphatic rings. The minimum Gasteiger partial charge on any atom is -0.467 e. The zero-order chi connectivity index (χ0) is 22.9. The smallest absolute Gasteiger partial charge is 0.411 e. The Hall–Kier alpha value is -2.84. The number of furan rings is 1. The molecule has 7 nitrogen and oxygen atoms in total. The van der Waals surface area contributed by atoms with Crippen LogP contribution in [-0.2, 0) is 20.4 Å². The highest BCUT2D eigenvalue weighted by Gasteiger charge is 2.67. The summed E-state index contributed by atoms with van der Waals surface area (Å²) in [7, 11) is -4.16. The molecule has 3 N–H and O–H groups in total. The number of rotatable bonds is 9. The number of primary amides is 1. The Balaban J connectivity index is 2.06. The number of sulfone groups is 1. The predicted molar refractivity (Wildman–Crippen MR) is 104 cm³/mol. The average molecular weight is 455 g/mol. The minimum absolute atomic E-state index is 0.0308. The molecule has 1 aromatic carbocycles. The van der Waals surface area contributed by atoms with Crippen LogP contribution in [0.1, 0.15) is 30.2 Å². The molecule has 0 radical (unpaired) electrons. The van der Waals surface area contributed by atoms with Crippen molar-refractivity contribution in [3.05, 3.63) is 60.1 Å². The first kappa shape index (κ1) is 22.8. The highest BCUT2D eigenvalue weighted by Crippen LogP contribution is 2.55. The van der Waals surface area contributed by atoms with Gasteiger partial charge >= 0.3 is 6.18 Å². The summed E-state index contributed by atoms with van der Waals surface area (Å²) in [6.07, 6.45) is -3.87. The van der Waals surface area contributed by atoms with Crippen molar-refractivity contribution in [3.8, 4) is 6.07 Å². The quantitative estimate of drug-likeness (QED) is 0.599. The number of benzene rings is 1. The monoisotopic (exact) mass is 455 g/mol. The van der Waals surface area contributed by atoms with Gasteiger partial charge in [0, 0.05) is 0 Å². The molecule has 1 aromatic heterocycles. The fraction of sp³-hybridized carbons (Fsp3) is 0.400. The molecule has 1 aliphatic carbocycles. The van der Waals surface area contributed by atoms with E-state index in [0.29, 0.717) is 5.56 Å². The number of alkyl halides is 3. The summed E-state index contributed by atoms with van der Waals surface area (Å²) in [5, 5.41) is 11.8. The number of nitriles is 1. The van der Waals surface area contributed by atoms with Gasteiger partial charge < -0.3 is 10.2 Å². The summed E-state index contributed by atoms with van der Waals surface area (Å²) in [5.74, 6) is -3.51. The lowest BCUT2D eigenvalue weighted by molar-refractivity contribution is -0.169. The van der Waals surface area contributed by atoms with E-state index in [9.17, 15) is 31.6 Å². The maximum absolute atomic E-state index is 13.9. The summed E-state index contributed by atoms with van der Waals surface area (Å²) in [4.78, 5) is 12.6. The Morgan fingerprint density at radius 2 is 1.87 bits per heavy atom. The number of nitrogens with zero attached hydrogens (tertiary/aromatic N) is 1. The van der Waals surface area contributed by atoms with Crippen molar-refractivity contribution in [2.45, 2.75) is 36.4 Å². The number of hydrogen-bond acceptors (Lipinski definition) is 6. The fourth-order valence-electron chi connectivity index (χ4n) is 3.68. The first-order chi connectivity index (χ1) is 14.4.